The quantitative estimate of drug-likeness (QED) is 0.869. The highest BCUT2D eigenvalue weighted by molar-refractivity contribution is 5.87. The van der Waals surface area contributed by atoms with Gasteiger partial charge < -0.3 is 14.7 Å². The normalized spacial score (nSPS) is 19.6. The highest BCUT2D eigenvalue weighted by Gasteiger charge is 2.38. The molecule has 1 aliphatic heterocycles. The summed E-state index contributed by atoms with van der Waals surface area (Å²) in [5.41, 5.74) is 0.411. The fourth-order valence-electron chi connectivity index (χ4n) is 3.11. The molecular formula is C20H31NO3. The first-order valence-electron chi connectivity index (χ1n) is 8.92. The molecule has 4 heteroatoms. The number of hydrogen-bond donors (Lipinski definition) is 1. The molecule has 4 nitrogen and oxygen atoms in total. The van der Waals surface area contributed by atoms with E-state index in [1.807, 2.05) is 43.0 Å². The molecule has 1 aliphatic rings. The molecule has 134 valence electrons. The van der Waals surface area contributed by atoms with Gasteiger partial charge in [-0.05, 0) is 50.8 Å². The molecule has 0 aromatic heterocycles. The number of rotatable bonds is 6. The summed E-state index contributed by atoms with van der Waals surface area (Å²) in [5.74, 6) is 1.64. The predicted octanol–water partition coefficient (Wildman–Crippen LogP) is 3.23. The SMILES string of the molecule is CC(C)COc1ccc(C(C)(C)C(=O)N2CCC(C(C)O)C2)cc1. The fraction of sp³-hybridized carbons (Fsp3) is 0.650. The standard InChI is InChI=1S/C20H31NO3/c1-14(2)13-24-18-8-6-17(7-9-18)20(4,5)19(23)21-11-10-16(12-21)15(3)22/h6-9,14-16,22H,10-13H2,1-5H3. The van der Waals surface area contributed by atoms with Gasteiger partial charge in [-0.3, -0.25) is 4.79 Å². The minimum atomic E-state index is -0.579. The third-order valence-corrected chi connectivity index (χ3v) is 4.89. The number of carbonyl (C=O) groups is 1. The number of aliphatic hydroxyl groups is 1. The summed E-state index contributed by atoms with van der Waals surface area (Å²) in [5, 5.41) is 9.74. The summed E-state index contributed by atoms with van der Waals surface area (Å²) >= 11 is 0. The van der Waals surface area contributed by atoms with E-state index in [1.165, 1.54) is 0 Å². The Bertz CT molecular complexity index is 549. The Morgan fingerprint density at radius 3 is 2.42 bits per heavy atom. The lowest BCUT2D eigenvalue weighted by atomic mass is 9.83. The number of hydrogen-bond acceptors (Lipinski definition) is 3. The highest BCUT2D eigenvalue weighted by atomic mass is 16.5. The summed E-state index contributed by atoms with van der Waals surface area (Å²) in [6, 6.07) is 7.84. The van der Waals surface area contributed by atoms with Crippen molar-refractivity contribution in [3.8, 4) is 5.75 Å². The van der Waals surface area contributed by atoms with E-state index in [9.17, 15) is 9.90 Å². The van der Waals surface area contributed by atoms with Crippen LogP contribution >= 0.6 is 0 Å². The van der Waals surface area contributed by atoms with E-state index in [1.54, 1.807) is 6.92 Å². The van der Waals surface area contributed by atoms with E-state index in [0.717, 1.165) is 24.3 Å². The maximum absolute atomic E-state index is 12.9. The number of nitrogens with zero attached hydrogens (tertiary/aromatic N) is 1. The molecule has 1 amide bonds. The fourth-order valence-corrected chi connectivity index (χ4v) is 3.11. The molecule has 2 atom stereocenters. The van der Waals surface area contributed by atoms with Crippen LogP contribution in [0.4, 0.5) is 0 Å². The largest absolute Gasteiger partial charge is 0.493 e. The lowest BCUT2D eigenvalue weighted by Gasteiger charge is -2.30. The van der Waals surface area contributed by atoms with E-state index in [4.69, 9.17) is 4.74 Å². The van der Waals surface area contributed by atoms with Crippen molar-refractivity contribution in [2.24, 2.45) is 11.8 Å². The average molecular weight is 333 g/mol. The molecule has 1 N–H and O–H groups in total. The van der Waals surface area contributed by atoms with Crippen LogP contribution in [0.1, 0.15) is 46.6 Å². The van der Waals surface area contributed by atoms with E-state index >= 15 is 0 Å². The predicted molar refractivity (Wildman–Crippen MR) is 96.2 cm³/mol. The van der Waals surface area contributed by atoms with Crippen LogP contribution in [0.25, 0.3) is 0 Å². The van der Waals surface area contributed by atoms with Crippen molar-refractivity contribution in [1.82, 2.24) is 4.90 Å². The molecule has 0 saturated carbocycles. The number of likely N-dealkylation sites (tertiary alicyclic amines) is 1. The first-order chi connectivity index (χ1) is 11.2. The maximum Gasteiger partial charge on any atom is 0.232 e. The summed E-state index contributed by atoms with van der Waals surface area (Å²) < 4.78 is 5.71. The topological polar surface area (TPSA) is 49.8 Å². The second-order valence-corrected chi connectivity index (χ2v) is 7.89. The van der Waals surface area contributed by atoms with Crippen LogP contribution < -0.4 is 4.74 Å². The van der Waals surface area contributed by atoms with Crippen molar-refractivity contribution >= 4 is 5.91 Å². The zero-order chi connectivity index (χ0) is 17.9. The van der Waals surface area contributed by atoms with Crippen LogP contribution in [0.3, 0.4) is 0 Å². The Labute approximate surface area is 145 Å². The van der Waals surface area contributed by atoms with Gasteiger partial charge in [-0.1, -0.05) is 26.0 Å². The molecule has 0 aliphatic carbocycles. The van der Waals surface area contributed by atoms with Gasteiger partial charge in [-0.25, -0.2) is 0 Å². The Balaban J connectivity index is 2.05. The second kappa shape index (κ2) is 7.56. The number of amides is 1. The molecule has 0 radical (unpaired) electrons. The first-order valence-corrected chi connectivity index (χ1v) is 8.92. The van der Waals surface area contributed by atoms with Crippen molar-refractivity contribution in [2.75, 3.05) is 19.7 Å². The molecule has 1 fully saturated rings. The van der Waals surface area contributed by atoms with Crippen LogP contribution in [-0.2, 0) is 10.2 Å². The minimum absolute atomic E-state index is 0.126. The first kappa shape index (κ1) is 18.8. The van der Waals surface area contributed by atoms with Gasteiger partial charge in [-0.15, -0.1) is 0 Å². The van der Waals surface area contributed by atoms with Gasteiger partial charge in [0.25, 0.3) is 0 Å². The van der Waals surface area contributed by atoms with Crippen molar-refractivity contribution in [2.45, 2.75) is 52.6 Å². The third-order valence-electron chi connectivity index (χ3n) is 4.89. The smallest absolute Gasteiger partial charge is 0.232 e. The molecule has 24 heavy (non-hydrogen) atoms. The molecule has 0 bridgehead atoms. The van der Waals surface area contributed by atoms with Crippen molar-refractivity contribution in [1.29, 1.82) is 0 Å². The van der Waals surface area contributed by atoms with E-state index in [0.29, 0.717) is 19.1 Å². The monoisotopic (exact) mass is 333 g/mol. The molecule has 2 rings (SSSR count). The van der Waals surface area contributed by atoms with Gasteiger partial charge in [0.1, 0.15) is 5.75 Å². The summed E-state index contributed by atoms with van der Waals surface area (Å²) in [7, 11) is 0. The molecule has 1 heterocycles. The van der Waals surface area contributed by atoms with Crippen LogP contribution in [0.15, 0.2) is 24.3 Å². The Kier molecular flexibility index (Phi) is 5.92. The van der Waals surface area contributed by atoms with E-state index < -0.39 is 5.41 Å². The molecule has 1 aromatic carbocycles. The third kappa shape index (κ3) is 4.29. The molecule has 1 aromatic rings. The van der Waals surface area contributed by atoms with Gasteiger partial charge >= 0.3 is 0 Å². The maximum atomic E-state index is 12.9. The summed E-state index contributed by atoms with van der Waals surface area (Å²) in [4.78, 5) is 14.8. The molecule has 1 saturated heterocycles. The lowest BCUT2D eigenvalue weighted by molar-refractivity contribution is -0.135. The highest BCUT2D eigenvalue weighted by Crippen LogP contribution is 2.30. The van der Waals surface area contributed by atoms with Gasteiger partial charge in [-0.2, -0.15) is 0 Å². The number of carbonyl (C=O) groups excluding carboxylic acids is 1. The minimum Gasteiger partial charge on any atom is -0.493 e. The van der Waals surface area contributed by atoms with Gasteiger partial charge in [0.15, 0.2) is 0 Å². The molecular weight excluding hydrogens is 302 g/mol. The Morgan fingerprint density at radius 2 is 1.92 bits per heavy atom. The van der Waals surface area contributed by atoms with E-state index in [-0.39, 0.29) is 17.9 Å². The average Bonchev–Trinajstić information content (AvgIpc) is 3.02. The number of ether oxygens (including phenoxy) is 1. The number of aliphatic hydroxyl groups excluding tert-OH is 1. The van der Waals surface area contributed by atoms with Gasteiger partial charge in [0.2, 0.25) is 5.91 Å². The van der Waals surface area contributed by atoms with Crippen LogP contribution in [-0.4, -0.2) is 41.7 Å². The zero-order valence-corrected chi connectivity index (χ0v) is 15.6. The second-order valence-electron chi connectivity index (χ2n) is 7.89. The summed E-state index contributed by atoms with van der Waals surface area (Å²) in [6.45, 7) is 12.0. The molecule has 2 unspecified atom stereocenters. The van der Waals surface area contributed by atoms with Crippen molar-refractivity contribution in [3.05, 3.63) is 29.8 Å². The molecule has 0 spiro atoms. The van der Waals surface area contributed by atoms with Crippen molar-refractivity contribution in [3.63, 3.8) is 0 Å². The van der Waals surface area contributed by atoms with Crippen LogP contribution in [0.5, 0.6) is 5.75 Å². The van der Waals surface area contributed by atoms with Crippen LogP contribution in [0.2, 0.25) is 0 Å². The lowest BCUT2D eigenvalue weighted by Crippen LogP contribution is -2.42. The van der Waals surface area contributed by atoms with Crippen LogP contribution in [0, 0.1) is 11.8 Å². The van der Waals surface area contributed by atoms with E-state index in [2.05, 4.69) is 13.8 Å². The van der Waals surface area contributed by atoms with Gasteiger partial charge in [0, 0.05) is 19.0 Å². The number of benzene rings is 1. The van der Waals surface area contributed by atoms with Crippen molar-refractivity contribution < 1.29 is 14.6 Å². The summed E-state index contributed by atoms with van der Waals surface area (Å²) in [6.07, 6.45) is 0.518. The Hall–Kier alpha value is -1.55. The Morgan fingerprint density at radius 1 is 1.29 bits per heavy atom. The van der Waals surface area contributed by atoms with Gasteiger partial charge in [0.05, 0.1) is 18.1 Å². The zero-order valence-electron chi connectivity index (χ0n) is 15.6.